The Morgan fingerprint density at radius 1 is 1.07 bits per heavy atom. The molecule has 0 radical (unpaired) electrons. The largest absolute Gasteiger partial charge is 0.355 e. The Bertz CT molecular complexity index is 916. The number of unbranched alkanes of at least 4 members (excludes halogenated alkanes) is 2. The van der Waals surface area contributed by atoms with Crippen LogP contribution in [-0.4, -0.2) is 27.4 Å². The van der Waals surface area contributed by atoms with Gasteiger partial charge in [-0.2, -0.15) is 0 Å². The molecule has 0 aliphatic heterocycles. The fraction of sp³-hybridized carbons (Fsp3) is 0.350. The van der Waals surface area contributed by atoms with Crippen molar-refractivity contribution in [2.24, 2.45) is 0 Å². The van der Waals surface area contributed by atoms with E-state index in [9.17, 15) is 13.2 Å². The lowest BCUT2D eigenvalue weighted by Crippen LogP contribution is -2.41. The molecule has 0 bridgehead atoms. The molecule has 0 atom stereocenters. The van der Waals surface area contributed by atoms with E-state index in [-0.39, 0.29) is 27.2 Å². The summed E-state index contributed by atoms with van der Waals surface area (Å²) >= 11 is 12.3. The van der Waals surface area contributed by atoms with Gasteiger partial charge in [-0.3, -0.25) is 9.10 Å². The van der Waals surface area contributed by atoms with E-state index in [2.05, 4.69) is 12.2 Å². The minimum Gasteiger partial charge on any atom is -0.355 e. The Morgan fingerprint density at radius 2 is 1.75 bits per heavy atom. The molecule has 0 saturated heterocycles. The zero-order chi connectivity index (χ0) is 20.7. The normalized spacial score (nSPS) is 11.3. The molecule has 2 rings (SSSR count). The number of hydrogen-bond donors (Lipinski definition) is 1. The van der Waals surface area contributed by atoms with Crippen molar-refractivity contribution in [3.05, 3.63) is 58.1 Å². The maximum Gasteiger partial charge on any atom is 0.264 e. The summed E-state index contributed by atoms with van der Waals surface area (Å²) in [5.41, 5.74) is 1.10. The maximum atomic E-state index is 13.3. The highest BCUT2D eigenvalue weighted by Gasteiger charge is 2.29. The van der Waals surface area contributed by atoms with Gasteiger partial charge >= 0.3 is 0 Å². The first-order valence-electron chi connectivity index (χ1n) is 9.07. The summed E-state index contributed by atoms with van der Waals surface area (Å²) in [5.74, 6) is -0.400. The van der Waals surface area contributed by atoms with Gasteiger partial charge in [0.15, 0.2) is 0 Å². The van der Waals surface area contributed by atoms with Crippen LogP contribution in [0.1, 0.15) is 31.7 Å². The molecular formula is C20H24Cl2N2O3S. The van der Waals surface area contributed by atoms with Gasteiger partial charge in [0, 0.05) is 6.54 Å². The number of hydrogen-bond acceptors (Lipinski definition) is 3. The zero-order valence-corrected chi connectivity index (χ0v) is 18.2. The Balaban J connectivity index is 2.37. The van der Waals surface area contributed by atoms with E-state index >= 15 is 0 Å². The first kappa shape index (κ1) is 22.5. The number of halogens is 2. The topological polar surface area (TPSA) is 66.5 Å². The molecule has 8 heteroatoms. The number of anilines is 1. The lowest BCUT2D eigenvalue weighted by Gasteiger charge is -2.25. The van der Waals surface area contributed by atoms with Crippen LogP contribution < -0.4 is 9.62 Å². The Labute approximate surface area is 176 Å². The van der Waals surface area contributed by atoms with Crippen LogP contribution in [0.3, 0.4) is 0 Å². The summed E-state index contributed by atoms with van der Waals surface area (Å²) < 4.78 is 27.5. The van der Waals surface area contributed by atoms with Gasteiger partial charge in [-0.05, 0) is 37.6 Å². The van der Waals surface area contributed by atoms with Gasteiger partial charge in [-0.1, -0.05) is 66.7 Å². The van der Waals surface area contributed by atoms with Crippen molar-refractivity contribution in [1.29, 1.82) is 0 Å². The molecular weight excluding hydrogens is 419 g/mol. The quantitative estimate of drug-likeness (QED) is 0.566. The van der Waals surface area contributed by atoms with Crippen LogP contribution in [0.4, 0.5) is 5.69 Å². The molecule has 0 aliphatic rings. The first-order chi connectivity index (χ1) is 13.3. The minimum absolute atomic E-state index is 0.0768. The second-order valence-electron chi connectivity index (χ2n) is 6.45. The average Bonchev–Trinajstić information content (AvgIpc) is 2.66. The third kappa shape index (κ3) is 5.63. The summed E-state index contributed by atoms with van der Waals surface area (Å²) in [6, 6.07) is 11.1. The third-order valence-corrected chi connectivity index (χ3v) is 6.78. The second kappa shape index (κ2) is 10.1. The van der Waals surface area contributed by atoms with Crippen molar-refractivity contribution in [3.8, 4) is 0 Å². The third-order valence-electron chi connectivity index (χ3n) is 4.20. The van der Waals surface area contributed by atoms with E-state index in [0.29, 0.717) is 6.54 Å². The smallest absolute Gasteiger partial charge is 0.264 e. The van der Waals surface area contributed by atoms with Gasteiger partial charge in [-0.25, -0.2) is 8.42 Å². The van der Waals surface area contributed by atoms with Crippen LogP contribution in [0.5, 0.6) is 0 Å². The molecule has 0 unspecified atom stereocenters. The van der Waals surface area contributed by atoms with E-state index in [1.807, 2.05) is 6.92 Å². The van der Waals surface area contributed by atoms with E-state index in [1.54, 1.807) is 24.3 Å². The van der Waals surface area contributed by atoms with Crippen LogP contribution in [0.25, 0.3) is 0 Å². The number of carbonyl (C=O) groups is 1. The highest BCUT2D eigenvalue weighted by Crippen LogP contribution is 2.35. The molecule has 0 saturated carbocycles. The SMILES string of the molecule is CCCCCNC(=O)CN(c1cccc(Cl)c1Cl)S(=O)(=O)c1ccc(C)cc1. The van der Waals surface area contributed by atoms with Crippen LogP contribution in [0.2, 0.25) is 10.0 Å². The van der Waals surface area contributed by atoms with Crippen LogP contribution in [0, 0.1) is 6.92 Å². The maximum absolute atomic E-state index is 13.3. The number of sulfonamides is 1. The van der Waals surface area contributed by atoms with E-state index in [0.717, 1.165) is 29.1 Å². The number of nitrogens with one attached hydrogen (secondary N) is 1. The number of rotatable bonds is 9. The predicted molar refractivity (Wildman–Crippen MR) is 115 cm³/mol. The molecule has 0 aromatic heterocycles. The van der Waals surface area contributed by atoms with Gasteiger partial charge < -0.3 is 5.32 Å². The molecule has 152 valence electrons. The van der Waals surface area contributed by atoms with Crippen LogP contribution in [0.15, 0.2) is 47.4 Å². The summed E-state index contributed by atoms with van der Waals surface area (Å²) in [4.78, 5) is 12.5. The number of carbonyl (C=O) groups excluding carboxylic acids is 1. The van der Waals surface area contributed by atoms with E-state index < -0.39 is 15.9 Å². The van der Waals surface area contributed by atoms with Crippen molar-refractivity contribution < 1.29 is 13.2 Å². The molecule has 0 heterocycles. The molecule has 0 aliphatic carbocycles. The van der Waals surface area contributed by atoms with Crippen molar-refractivity contribution in [3.63, 3.8) is 0 Å². The number of amides is 1. The Morgan fingerprint density at radius 3 is 2.39 bits per heavy atom. The van der Waals surface area contributed by atoms with Crippen molar-refractivity contribution in [1.82, 2.24) is 5.32 Å². The van der Waals surface area contributed by atoms with Crippen molar-refractivity contribution in [2.45, 2.75) is 38.0 Å². The fourth-order valence-corrected chi connectivity index (χ4v) is 4.49. The predicted octanol–water partition coefficient (Wildman–Crippen LogP) is 4.80. The molecule has 1 amide bonds. The molecule has 5 nitrogen and oxygen atoms in total. The van der Waals surface area contributed by atoms with E-state index in [1.165, 1.54) is 18.2 Å². The summed E-state index contributed by atoms with van der Waals surface area (Å²) in [7, 11) is -4.01. The molecule has 2 aromatic rings. The van der Waals surface area contributed by atoms with Gasteiger partial charge in [0.25, 0.3) is 10.0 Å². The monoisotopic (exact) mass is 442 g/mol. The average molecular weight is 443 g/mol. The molecule has 2 aromatic carbocycles. The number of benzene rings is 2. The van der Waals surface area contributed by atoms with Crippen molar-refractivity contribution in [2.75, 3.05) is 17.4 Å². The number of nitrogens with zero attached hydrogens (tertiary/aromatic N) is 1. The van der Waals surface area contributed by atoms with Gasteiger partial charge in [0.05, 0.1) is 20.6 Å². The van der Waals surface area contributed by atoms with Crippen molar-refractivity contribution >= 4 is 44.8 Å². The van der Waals surface area contributed by atoms with Gasteiger partial charge in [0.2, 0.25) is 5.91 Å². The van der Waals surface area contributed by atoms with E-state index in [4.69, 9.17) is 23.2 Å². The first-order valence-corrected chi connectivity index (χ1v) is 11.3. The van der Waals surface area contributed by atoms with Gasteiger partial charge in [-0.15, -0.1) is 0 Å². The fourth-order valence-electron chi connectivity index (χ4n) is 2.61. The molecule has 0 fully saturated rings. The summed E-state index contributed by atoms with van der Waals surface area (Å²) in [5, 5.41) is 3.06. The highest BCUT2D eigenvalue weighted by molar-refractivity contribution is 7.92. The molecule has 0 spiro atoms. The molecule has 1 N–H and O–H groups in total. The summed E-state index contributed by atoms with van der Waals surface area (Å²) in [6.07, 6.45) is 2.86. The highest BCUT2D eigenvalue weighted by atomic mass is 35.5. The zero-order valence-electron chi connectivity index (χ0n) is 15.9. The molecule has 28 heavy (non-hydrogen) atoms. The number of aryl methyl sites for hydroxylation is 1. The Kier molecular flexibility index (Phi) is 8.16. The lowest BCUT2D eigenvalue weighted by molar-refractivity contribution is -0.119. The minimum atomic E-state index is -4.01. The standard InChI is InChI=1S/C20H24Cl2N2O3S/c1-3-4-5-13-23-19(25)14-24(18-8-6-7-17(21)20(18)22)28(26,27)16-11-9-15(2)10-12-16/h6-12H,3-5,13-14H2,1-2H3,(H,23,25). The van der Waals surface area contributed by atoms with Crippen LogP contribution in [-0.2, 0) is 14.8 Å². The Hall–Kier alpha value is -1.76. The summed E-state index contributed by atoms with van der Waals surface area (Å²) in [6.45, 7) is 4.04. The second-order valence-corrected chi connectivity index (χ2v) is 9.10. The van der Waals surface area contributed by atoms with Gasteiger partial charge in [0.1, 0.15) is 6.54 Å². The lowest BCUT2D eigenvalue weighted by atomic mass is 10.2. The van der Waals surface area contributed by atoms with Crippen LogP contribution >= 0.6 is 23.2 Å².